The Bertz CT molecular complexity index is 2630. The molecule has 1 aromatic heterocycles. The van der Waals surface area contributed by atoms with E-state index in [1.807, 2.05) is 32.0 Å². The van der Waals surface area contributed by atoms with Crippen LogP contribution in [0.5, 0.6) is 0 Å². The van der Waals surface area contributed by atoms with E-state index in [0.29, 0.717) is 0 Å². The van der Waals surface area contributed by atoms with E-state index < -0.39 is 0 Å². The first-order valence-corrected chi connectivity index (χ1v) is 19.5. The van der Waals surface area contributed by atoms with Crippen LogP contribution in [0.3, 0.4) is 0 Å². The number of benzene rings is 8. The molecule has 0 spiro atoms. The minimum Gasteiger partial charge on any atom is -0.309 e. The van der Waals surface area contributed by atoms with Gasteiger partial charge in [-0.25, -0.2) is 0 Å². The monoisotopic (exact) mass is 711 g/mol. The topological polar surface area (TPSA) is 4.93 Å². The largest absolute Gasteiger partial charge is 0.309 e. The molecular weight excluding hydrogens is 663 g/mol. The maximum Gasteiger partial charge on any atom is 0.0541 e. The van der Waals surface area contributed by atoms with E-state index in [0.717, 1.165) is 6.42 Å². The molecule has 9 rings (SSSR count). The third kappa shape index (κ3) is 8.22. The number of rotatable bonds is 6. The van der Waals surface area contributed by atoms with Crippen molar-refractivity contribution in [3.8, 4) is 39.1 Å². The van der Waals surface area contributed by atoms with E-state index in [2.05, 4.69) is 201 Å². The molecule has 0 aliphatic rings. The molecule has 0 N–H and O–H groups in total. The second kappa shape index (κ2) is 17.1. The lowest BCUT2D eigenvalue weighted by atomic mass is 9.92. The first-order chi connectivity index (χ1) is 27.0. The number of fused-ring (bicyclic) bond motifs is 3. The molecule has 1 nitrogen and oxygen atoms in total. The molecule has 0 saturated heterocycles. The number of aromatic nitrogens is 1. The summed E-state index contributed by atoms with van der Waals surface area (Å²) in [7, 11) is 0. The van der Waals surface area contributed by atoms with E-state index in [4.69, 9.17) is 0 Å². The highest BCUT2D eigenvalue weighted by atomic mass is 15.0. The third-order valence-corrected chi connectivity index (χ3v) is 10.3. The van der Waals surface area contributed by atoms with Crippen LogP contribution in [0.4, 0.5) is 0 Å². The fourth-order valence-corrected chi connectivity index (χ4v) is 7.37. The zero-order valence-corrected chi connectivity index (χ0v) is 32.6. The van der Waals surface area contributed by atoms with Crippen molar-refractivity contribution in [2.45, 2.75) is 41.0 Å². The summed E-state index contributed by atoms with van der Waals surface area (Å²) in [5.74, 6) is 0. The lowest BCUT2D eigenvalue weighted by Crippen LogP contribution is -1.92. The zero-order valence-electron chi connectivity index (χ0n) is 32.6. The van der Waals surface area contributed by atoms with Gasteiger partial charge in [-0.2, -0.15) is 0 Å². The summed E-state index contributed by atoms with van der Waals surface area (Å²) in [5.41, 5.74) is 17.8. The molecule has 1 heteroatoms. The highest BCUT2D eigenvalue weighted by Gasteiger charge is 2.13. The summed E-state index contributed by atoms with van der Waals surface area (Å²) in [6, 6.07) is 70.1. The first kappa shape index (κ1) is 36.9. The summed E-state index contributed by atoms with van der Waals surface area (Å²) in [6.45, 7) is 10.5. The molecule has 9 aromatic rings. The van der Waals surface area contributed by atoms with Crippen molar-refractivity contribution in [3.05, 3.63) is 222 Å². The van der Waals surface area contributed by atoms with Crippen LogP contribution >= 0.6 is 0 Å². The van der Waals surface area contributed by atoms with Crippen molar-refractivity contribution in [1.29, 1.82) is 0 Å². The van der Waals surface area contributed by atoms with Crippen LogP contribution in [0.2, 0.25) is 0 Å². The van der Waals surface area contributed by atoms with Crippen molar-refractivity contribution in [2.75, 3.05) is 0 Å². The van der Waals surface area contributed by atoms with Gasteiger partial charge in [0.2, 0.25) is 0 Å². The molecule has 0 aliphatic heterocycles. The SMILES string of the molecule is CC.Cc1ccccc1.Cc1ccccc1-c1cc(-c2ccc(Cc3ccc(-c4ccc5c(c4)c4ccccc4n5-c4ccccc4)cc3)cc2)ccc1C. The second-order valence-corrected chi connectivity index (χ2v) is 14.0. The van der Waals surface area contributed by atoms with Gasteiger partial charge in [0.1, 0.15) is 0 Å². The van der Waals surface area contributed by atoms with Gasteiger partial charge >= 0.3 is 0 Å². The van der Waals surface area contributed by atoms with E-state index in [-0.39, 0.29) is 0 Å². The van der Waals surface area contributed by atoms with Gasteiger partial charge in [0.05, 0.1) is 11.0 Å². The summed E-state index contributed by atoms with van der Waals surface area (Å²) < 4.78 is 2.37. The predicted molar refractivity (Wildman–Crippen MR) is 238 cm³/mol. The highest BCUT2D eigenvalue weighted by molar-refractivity contribution is 6.10. The second-order valence-electron chi connectivity index (χ2n) is 14.0. The number of hydrogen-bond donors (Lipinski definition) is 0. The van der Waals surface area contributed by atoms with E-state index >= 15 is 0 Å². The van der Waals surface area contributed by atoms with Crippen LogP contribution in [0.25, 0.3) is 60.9 Å². The molecule has 0 saturated carbocycles. The first-order valence-electron chi connectivity index (χ1n) is 19.5. The van der Waals surface area contributed by atoms with E-state index in [1.165, 1.54) is 88.7 Å². The standard InChI is InChI=1S/C45H35N.C7H8.C2H6/c1-31-10-6-7-13-40(31)42-29-37(21-16-32(42)2)35-22-17-33(18-23-35)28-34-19-24-36(25-20-34)38-26-27-45-43(30-38)41-14-8-9-15-44(41)46(45)39-11-4-3-5-12-39;1-7-5-3-2-4-6-7;1-2/h3-27,29-30H,28H2,1-2H3;2-6H,1H3;1-2H3. The van der Waals surface area contributed by atoms with Gasteiger partial charge in [-0.1, -0.05) is 177 Å². The van der Waals surface area contributed by atoms with Gasteiger partial charge in [0.25, 0.3) is 0 Å². The lowest BCUT2D eigenvalue weighted by molar-refractivity contribution is 1.18. The Morgan fingerprint density at radius 2 is 0.855 bits per heavy atom. The fraction of sp³-hybridized carbons (Fsp3) is 0.111. The molecule has 55 heavy (non-hydrogen) atoms. The van der Waals surface area contributed by atoms with E-state index in [9.17, 15) is 0 Å². The molecule has 0 atom stereocenters. The number of nitrogens with zero attached hydrogens (tertiary/aromatic N) is 1. The minimum atomic E-state index is 0.909. The van der Waals surface area contributed by atoms with E-state index in [1.54, 1.807) is 0 Å². The molecule has 0 radical (unpaired) electrons. The summed E-state index contributed by atoms with van der Waals surface area (Å²) >= 11 is 0. The molecule has 0 amide bonds. The van der Waals surface area contributed by atoms with Gasteiger partial charge < -0.3 is 4.57 Å². The molecule has 0 unspecified atom stereocenters. The van der Waals surface area contributed by atoms with Crippen LogP contribution < -0.4 is 0 Å². The summed E-state index contributed by atoms with van der Waals surface area (Å²) in [5, 5.41) is 2.56. The predicted octanol–water partition coefficient (Wildman–Crippen LogP) is 15.0. The smallest absolute Gasteiger partial charge is 0.0541 e. The molecule has 0 bridgehead atoms. The normalized spacial score (nSPS) is 10.7. The number of hydrogen-bond acceptors (Lipinski definition) is 0. The van der Waals surface area contributed by atoms with Crippen molar-refractivity contribution < 1.29 is 0 Å². The Morgan fingerprint density at radius 3 is 1.47 bits per heavy atom. The van der Waals surface area contributed by atoms with Crippen LogP contribution in [-0.4, -0.2) is 4.57 Å². The Kier molecular flexibility index (Phi) is 11.5. The van der Waals surface area contributed by atoms with Crippen LogP contribution in [0, 0.1) is 20.8 Å². The van der Waals surface area contributed by atoms with Crippen molar-refractivity contribution >= 4 is 21.8 Å². The quantitative estimate of drug-likeness (QED) is 0.162. The molecule has 1 heterocycles. The Hall–Kier alpha value is -6.44. The van der Waals surface area contributed by atoms with Crippen molar-refractivity contribution in [3.63, 3.8) is 0 Å². The van der Waals surface area contributed by atoms with Gasteiger partial charge in [0.15, 0.2) is 0 Å². The molecule has 0 fully saturated rings. The molecule has 0 aliphatic carbocycles. The Labute approximate surface area is 327 Å². The van der Waals surface area contributed by atoms with Crippen molar-refractivity contribution in [2.24, 2.45) is 0 Å². The molecular formula is C54H49N. The highest BCUT2D eigenvalue weighted by Crippen LogP contribution is 2.35. The van der Waals surface area contributed by atoms with Gasteiger partial charge in [-0.3, -0.25) is 0 Å². The van der Waals surface area contributed by atoms with Gasteiger partial charge in [0, 0.05) is 16.5 Å². The summed E-state index contributed by atoms with van der Waals surface area (Å²) in [6.07, 6.45) is 0.909. The van der Waals surface area contributed by atoms with Gasteiger partial charge in [-0.15, -0.1) is 0 Å². The van der Waals surface area contributed by atoms with Crippen LogP contribution in [0.1, 0.15) is 41.7 Å². The minimum absolute atomic E-state index is 0.909. The Balaban J connectivity index is 0.000000462. The van der Waals surface area contributed by atoms with Gasteiger partial charge in [-0.05, 0) is 119 Å². The lowest BCUT2D eigenvalue weighted by Gasteiger charge is -2.12. The van der Waals surface area contributed by atoms with Crippen molar-refractivity contribution in [1.82, 2.24) is 4.57 Å². The molecule has 8 aromatic carbocycles. The maximum absolute atomic E-state index is 2.37. The maximum atomic E-state index is 2.37. The zero-order chi connectivity index (χ0) is 38.1. The van der Waals surface area contributed by atoms with Crippen LogP contribution in [0.15, 0.2) is 194 Å². The molecule has 270 valence electrons. The third-order valence-electron chi connectivity index (χ3n) is 10.3. The average Bonchev–Trinajstić information content (AvgIpc) is 3.57. The Morgan fingerprint density at radius 1 is 0.364 bits per heavy atom. The number of para-hydroxylation sites is 2. The fourth-order valence-electron chi connectivity index (χ4n) is 7.37. The average molecular weight is 712 g/mol. The number of aryl methyl sites for hydroxylation is 3. The van der Waals surface area contributed by atoms with Crippen LogP contribution in [-0.2, 0) is 6.42 Å². The summed E-state index contributed by atoms with van der Waals surface area (Å²) in [4.78, 5) is 0.